The molecule has 1 aromatic heterocycles. The Bertz CT molecular complexity index is 1140. The third-order valence-corrected chi connectivity index (χ3v) is 7.07. The van der Waals surface area contributed by atoms with Crippen molar-refractivity contribution in [3.05, 3.63) is 71.9 Å². The lowest BCUT2D eigenvalue weighted by atomic mass is 10.1. The molecule has 1 unspecified atom stereocenters. The van der Waals surface area contributed by atoms with E-state index < -0.39 is 12.3 Å². The Morgan fingerprint density at radius 3 is 2.46 bits per heavy atom. The van der Waals surface area contributed by atoms with E-state index in [1.807, 2.05) is 30.3 Å². The standard InChI is InChI=1S/C28H32ClF2N5O/c29-13-12-21-15-32-28(34-27(21)36-17-25(30)26(31)18-36)33-22-8-10-23(11-9-22)35-14-4-7-24(16-35)37-19-20-5-2-1-3-6-20/h1-3,5-6,8-11,15,24-26H,4,7,12-14,16-19H2,(H,32,33,34)/t24?,25-,26-/m0/s1. The molecule has 5 rings (SSSR count). The van der Waals surface area contributed by atoms with Crippen LogP contribution < -0.4 is 15.1 Å². The van der Waals surface area contributed by atoms with Crippen LogP contribution in [-0.4, -0.2) is 60.5 Å². The predicted molar refractivity (Wildman–Crippen MR) is 145 cm³/mol. The number of aromatic nitrogens is 2. The minimum atomic E-state index is -1.51. The molecule has 2 aliphatic rings. The molecule has 2 saturated heterocycles. The van der Waals surface area contributed by atoms with Gasteiger partial charge < -0.3 is 19.9 Å². The topological polar surface area (TPSA) is 53.5 Å². The van der Waals surface area contributed by atoms with E-state index in [0.29, 0.717) is 30.7 Å². The normalized spacial score (nSPS) is 21.9. The van der Waals surface area contributed by atoms with Crippen molar-refractivity contribution in [2.24, 2.45) is 0 Å². The molecule has 2 aromatic carbocycles. The lowest BCUT2D eigenvalue weighted by Gasteiger charge is -2.34. The van der Waals surface area contributed by atoms with Crippen LogP contribution in [0.5, 0.6) is 0 Å². The number of hydrogen-bond acceptors (Lipinski definition) is 6. The van der Waals surface area contributed by atoms with Crippen molar-refractivity contribution in [2.75, 3.05) is 47.2 Å². The average Bonchev–Trinajstić information content (AvgIpc) is 3.27. The van der Waals surface area contributed by atoms with E-state index in [0.717, 1.165) is 42.9 Å². The summed E-state index contributed by atoms with van der Waals surface area (Å²) in [6, 6.07) is 18.4. The molecule has 0 aliphatic carbocycles. The summed E-state index contributed by atoms with van der Waals surface area (Å²) in [7, 11) is 0. The van der Waals surface area contributed by atoms with Gasteiger partial charge in [-0.2, -0.15) is 4.98 Å². The Morgan fingerprint density at radius 1 is 0.973 bits per heavy atom. The van der Waals surface area contributed by atoms with Crippen molar-refractivity contribution in [2.45, 2.75) is 44.3 Å². The number of aryl methyl sites for hydroxylation is 1. The molecule has 0 radical (unpaired) electrons. The number of nitrogens with zero attached hydrogens (tertiary/aromatic N) is 4. The summed E-state index contributed by atoms with van der Waals surface area (Å²) in [5, 5.41) is 3.22. The van der Waals surface area contributed by atoms with Gasteiger partial charge in [-0.25, -0.2) is 13.8 Å². The van der Waals surface area contributed by atoms with Gasteiger partial charge in [-0.05, 0) is 49.1 Å². The number of alkyl halides is 3. The van der Waals surface area contributed by atoms with Crippen LogP contribution in [0.2, 0.25) is 0 Å². The number of rotatable bonds is 9. The van der Waals surface area contributed by atoms with Crippen LogP contribution >= 0.6 is 11.6 Å². The molecule has 3 heterocycles. The van der Waals surface area contributed by atoms with E-state index in [-0.39, 0.29) is 19.2 Å². The second-order valence-corrected chi connectivity index (χ2v) is 9.98. The van der Waals surface area contributed by atoms with Crippen LogP contribution in [0.3, 0.4) is 0 Å². The van der Waals surface area contributed by atoms with Gasteiger partial charge in [0.05, 0.1) is 25.8 Å². The maximum Gasteiger partial charge on any atom is 0.229 e. The highest BCUT2D eigenvalue weighted by Crippen LogP contribution is 2.29. The monoisotopic (exact) mass is 527 g/mol. The third-order valence-electron chi connectivity index (χ3n) is 6.88. The zero-order chi connectivity index (χ0) is 25.6. The van der Waals surface area contributed by atoms with Crippen molar-refractivity contribution in [3.63, 3.8) is 0 Å². The van der Waals surface area contributed by atoms with Gasteiger partial charge in [0.25, 0.3) is 0 Å². The maximum atomic E-state index is 13.8. The number of nitrogens with one attached hydrogen (secondary N) is 1. The average molecular weight is 528 g/mol. The van der Waals surface area contributed by atoms with Crippen LogP contribution in [0, 0.1) is 0 Å². The first-order valence-electron chi connectivity index (χ1n) is 12.8. The summed E-state index contributed by atoms with van der Waals surface area (Å²) >= 11 is 5.93. The highest BCUT2D eigenvalue weighted by molar-refractivity contribution is 6.18. The molecule has 0 spiro atoms. The lowest BCUT2D eigenvalue weighted by Crippen LogP contribution is -2.39. The molecule has 196 valence electrons. The highest BCUT2D eigenvalue weighted by Gasteiger charge is 2.34. The second kappa shape index (κ2) is 12.0. The second-order valence-electron chi connectivity index (χ2n) is 9.60. The van der Waals surface area contributed by atoms with Crippen molar-refractivity contribution in [1.29, 1.82) is 0 Å². The smallest absolute Gasteiger partial charge is 0.229 e. The third kappa shape index (κ3) is 6.48. The molecule has 6 nitrogen and oxygen atoms in total. The van der Waals surface area contributed by atoms with Gasteiger partial charge in [0.2, 0.25) is 5.95 Å². The molecule has 3 atom stereocenters. The molecule has 0 bridgehead atoms. The van der Waals surface area contributed by atoms with E-state index in [1.54, 1.807) is 11.1 Å². The number of piperidine rings is 1. The van der Waals surface area contributed by atoms with Gasteiger partial charge in [-0.3, -0.25) is 0 Å². The number of halogens is 3. The first-order chi connectivity index (χ1) is 18.1. The fraction of sp³-hybridized carbons (Fsp3) is 0.429. The summed E-state index contributed by atoms with van der Waals surface area (Å²) in [4.78, 5) is 13.0. The fourth-order valence-electron chi connectivity index (χ4n) is 4.89. The van der Waals surface area contributed by atoms with E-state index in [9.17, 15) is 8.78 Å². The van der Waals surface area contributed by atoms with Crippen LogP contribution in [0.4, 0.5) is 31.9 Å². The Morgan fingerprint density at radius 2 is 1.73 bits per heavy atom. The minimum Gasteiger partial charge on any atom is -0.372 e. The van der Waals surface area contributed by atoms with E-state index in [1.165, 1.54) is 5.56 Å². The molecule has 2 fully saturated rings. The zero-order valence-corrected chi connectivity index (χ0v) is 21.5. The Balaban J connectivity index is 1.22. The van der Waals surface area contributed by atoms with Crippen molar-refractivity contribution < 1.29 is 13.5 Å². The first-order valence-corrected chi connectivity index (χ1v) is 13.3. The van der Waals surface area contributed by atoms with Crippen LogP contribution in [0.25, 0.3) is 0 Å². The maximum absolute atomic E-state index is 13.8. The molecule has 1 N–H and O–H groups in total. The van der Waals surface area contributed by atoms with Gasteiger partial charge in [-0.15, -0.1) is 11.6 Å². The Labute approximate surface area is 221 Å². The van der Waals surface area contributed by atoms with E-state index >= 15 is 0 Å². The highest BCUT2D eigenvalue weighted by atomic mass is 35.5. The first kappa shape index (κ1) is 25.7. The molecular formula is C28H32ClF2N5O. The van der Waals surface area contributed by atoms with E-state index in [4.69, 9.17) is 16.3 Å². The lowest BCUT2D eigenvalue weighted by molar-refractivity contribution is 0.0316. The van der Waals surface area contributed by atoms with Gasteiger partial charge in [0, 0.05) is 42.1 Å². The summed E-state index contributed by atoms with van der Waals surface area (Å²) in [5.41, 5.74) is 3.95. The predicted octanol–water partition coefficient (Wildman–Crippen LogP) is 5.68. The SMILES string of the molecule is F[C@H]1CN(c2nc(Nc3ccc(N4CCCC(OCc5ccccc5)C4)cc3)ncc2CCCl)C[C@@H]1F. The molecule has 3 aromatic rings. The van der Waals surface area contributed by atoms with Gasteiger partial charge in [0.1, 0.15) is 5.82 Å². The van der Waals surface area contributed by atoms with Gasteiger partial charge in [-0.1, -0.05) is 30.3 Å². The van der Waals surface area contributed by atoms with Crippen molar-refractivity contribution in [3.8, 4) is 0 Å². The Hall–Kier alpha value is -2.97. The Kier molecular flexibility index (Phi) is 8.36. The number of hydrogen-bond donors (Lipinski definition) is 1. The van der Waals surface area contributed by atoms with Crippen LogP contribution in [0.15, 0.2) is 60.8 Å². The quantitative estimate of drug-likeness (QED) is 0.361. The molecule has 9 heteroatoms. The number of benzene rings is 2. The van der Waals surface area contributed by atoms with E-state index in [2.05, 4.69) is 44.5 Å². The fourth-order valence-corrected chi connectivity index (χ4v) is 5.09. The molecule has 2 aliphatic heterocycles. The van der Waals surface area contributed by atoms with Gasteiger partial charge in [0.15, 0.2) is 12.3 Å². The summed E-state index contributed by atoms with van der Waals surface area (Å²) in [5.74, 6) is 1.30. The van der Waals surface area contributed by atoms with Crippen molar-refractivity contribution >= 4 is 34.7 Å². The largest absolute Gasteiger partial charge is 0.372 e. The van der Waals surface area contributed by atoms with Crippen molar-refractivity contribution in [1.82, 2.24) is 9.97 Å². The minimum absolute atomic E-state index is 0.0203. The molecular weight excluding hydrogens is 496 g/mol. The number of ether oxygens (including phenoxy) is 1. The zero-order valence-electron chi connectivity index (χ0n) is 20.7. The van der Waals surface area contributed by atoms with Crippen LogP contribution in [0.1, 0.15) is 24.0 Å². The van der Waals surface area contributed by atoms with Gasteiger partial charge >= 0.3 is 0 Å². The summed E-state index contributed by atoms with van der Waals surface area (Å²) in [6.07, 6.45) is 1.53. The number of anilines is 4. The molecule has 0 saturated carbocycles. The summed E-state index contributed by atoms with van der Waals surface area (Å²) < 4.78 is 33.9. The molecule has 37 heavy (non-hydrogen) atoms. The molecule has 0 amide bonds. The van der Waals surface area contributed by atoms with Crippen LogP contribution in [-0.2, 0) is 17.8 Å². The summed E-state index contributed by atoms with van der Waals surface area (Å²) in [6.45, 7) is 2.44.